The molecule has 2 nitrogen and oxygen atoms in total. The van der Waals surface area contributed by atoms with E-state index in [-0.39, 0.29) is 0 Å². The fraction of sp³-hybridized carbons (Fsp3) is 0.250. The highest BCUT2D eigenvalue weighted by Gasteiger charge is 1.88. The van der Waals surface area contributed by atoms with Gasteiger partial charge in [-0.2, -0.15) is 0 Å². The third kappa shape index (κ3) is 3.90. The van der Waals surface area contributed by atoms with Gasteiger partial charge >= 0.3 is 0 Å². The van der Waals surface area contributed by atoms with Crippen LogP contribution in [0.15, 0.2) is 42.1 Å². The number of rotatable bonds is 5. The van der Waals surface area contributed by atoms with E-state index in [1.54, 1.807) is 6.08 Å². The van der Waals surface area contributed by atoms with E-state index in [9.17, 15) is 0 Å². The maximum Gasteiger partial charge on any atom is 0.139 e. The van der Waals surface area contributed by atoms with Gasteiger partial charge in [-0.25, -0.2) is 0 Å². The second kappa shape index (κ2) is 5.97. The van der Waals surface area contributed by atoms with Crippen LogP contribution < -0.4 is 0 Å². The highest BCUT2D eigenvalue weighted by atomic mass is 16.6. The van der Waals surface area contributed by atoms with Gasteiger partial charge in [-0.3, -0.25) is 0 Å². The van der Waals surface area contributed by atoms with Crippen molar-refractivity contribution in [1.82, 2.24) is 0 Å². The van der Waals surface area contributed by atoms with E-state index < -0.39 is 0 Å². The van der Waals surface area contributed by atoms with Crippen LogP contribution in [0.5, 0.6) is 0 Å². The molecule has 0 aromatic heterocycles. The van der Waals surface area contributed by atoms with Crippen molar-refractivity contribution in [2.24, 2.45) is 5.16 Å². The molecule has 1 rings (SSSR count). The quantitative estimate of drug-likeness (QED) is 0.301. The Balaban J connectivity index is 2.39. The van der Waals surface area contributed by atoms with Crippen molar-refractivity contribution in [3.05, 3.63) is 48.0 Å². The van der Waals surface area contributed by atoms with Crippen molar-refractivity contribution in [3.63, 3.8) is 0 Å². The van der Waals surface area contributed by atoms with Crippen molar-refractivity contribution in [1.29, 1.82) is 0 Å². The lowest BCUT2D eigenvalue weighted by Crippen LogP contribution is -1.87. The number of nitrogens with zero attached hydrogens (tertiary/aromatic N) is 1. The SMILES string of the molecule is C=CCCON=[C]c1cccc(C)c1. The van der Waals surface area contributed by atoms with E-state index in [1.807, 2.05) is 31.2 Å². The first kappa shape index (κ1) is 10.5. The van der Waals surface area contributed by atoms with Crippen molar-refractivity contribution in [2.45, 2.75) is 13.3 Å². The minimum atomic E-state index is 0.558. The van der Waals surface area contributed by atoms with Gasteiger partial charge in [-0.15, -0.1) is 6.58 Å². The first-order valence-corrected chi connectivity index (χ1v) is 4.58. The summed E-state index contributed by atoms with van der Waals surface area (Å²) < 4.78 is 0. The van der Waals surface area contributed by atoms with Gasteiger partial charge in [0.1, 0.15) is 12.8 Å². The summed E-state index contributed by atoms with van der Waals surface area (Å²) in [5.74, 6) is 0. The van der Waals surface area contributed by atoms with E-state index >= 15 is 0 Å². The van der Waals surface area contributed by atoms with Crippen molar-refractivity contribution < 1.29 is 4.84 Å². The fourth-order valence-electron chi connectivity index (χ4n) is 0.981. The molecule has 0 aliphatic heterocycles. The van der Waals surface area contributed by atoms with Crippen LogP contribution in [0.3, 0.4) is 0 Å². The Morgan fingerprint density at radius 1 is 1.57 bits per heavy atom. The molecule has 0 fully saturated rings. The molecule has 0 amide bonds. The number of hydrogen-bond donors (Lipinski definition) is 0. The molecule has 0 unspecified atom stereocenters. The van der Waals surface area contributed by atoms with Crippen LogP contribution in [0, 0.1) is 6.92 Å². The zero-order valence-corrected chi connectivity index (χ0v) is 8.36. The molecule has 14 heavy (non-hydrogen) atoms. The molecule has 0 bridgehead atoms. The van der Waals surface area contributed by atoms with Gasteiger partial charge in [0.15, 0.2) is 0 Å². The molecule has 0 spiro atoms. The topological polar surface area (TPSA) is 21.6 Å². The van der Waals surface area contributed by atoms with E-state index in [4.69, 9.17) is 4.84 Å². The summed E-state index contributed by atoms with van der Waals surface area (Å²) in [6.45, 7) is 6.18. The molecule has 1 aromatic carbocycles. The van der Waals surface area contributed by atoms with E-state index in [0.717, 1.165) is 12.0 Å². The van der Waals surface area contributed by atoms with Gasteiger partial charge in [0.05, 0.1) is 0 Å². The highest BCUT2D eigenvalue weighted by Crippen LogP contribution is 2.00. The van der Waals surface area contributed by atoms with Crippen molar-refractivity contribution in [3.8, 4) is 0 Å². The van der Waals surface area contributed by atoms with E-state index in [2.05, 4.69) is 17.9 Å². The van der Waals surface area contributed by atoms with Crippen LogP contribution >= 0.6 is 0 Å². The van der Waals surface area contributed by atoms with Gasteiger partial charge in [0.2, 0.25) is 0 Å². The normalized spacial score (nSPS) is 10.4. The molecular weight excluding hydrogens is 174 g/mol. The van der Waals surface area contributed by atoms with Crippen LogP contribution in [0.4, 0.5) is 0 Å². The molecule has 0 atom stereocenters. The Hall–Kier alpha value is -1.57. The van der Waals surface area contributed by atoms with Crippen LogP contribution in [-0.4, -0.2) is 12.8 Å². The summed E-state index contributed by atoms with van der Waals surface area (Å²) in [6, 6.07) is 7.94. The average Bonchev–Trinajstić information content (AvgIpc) is 2.18. The number of aryl methyl sites for hydroxylation is 1. The third-order valence-electron chi connectivity index (χ3n) is 1.67. The average molecular weight is 188 g/mol. The molecule has 1 aromatic rings. The lowest BCUT2D eigenvalue weighted by atomic mass is 10.2. The fourth-order valence-corrected chi connectivity index (χ4v) is 0.981. The molecule has 0 saturated heterocycles. The Morgan fingerprint density at radius 3 is 3.14 bits per heavy atom. The predicted molar refractivity (Wildman–Crippen MR) is 58.5 cm³/mol. The van der Waals surface area contributed by atoms with Crippen LogP contribution in [0.25, 0.3) is 0 Å². The largest absolute Gasteiger partial charge is 0.395 e. The van der Waals surface area contributed by atoms with Gasteiger partial charge < -0.3 is 4.84 Å². The number of hydrogen-bond acceptors (Lipinski definition) is 2. The van der Waals surface area contributed by atoms with Crippen molar-refractivity contribution >= 4 is 6.21 Å². The first-order valence-electron chi connectivity index (χ1n) is 4.58. The summed E-state index contributed by atoms with van der Waals surface area (Å²) in [5, 5.41) is 3.72. The van der Waals surface area contributed by atoms with Gasteiger partial charge in [-0.1, -0.05) is 35.0 Å². The molecule has 1 radical (unpaired) electrons. The van der Waals surface area contributed by atoms with Gasteiger partial charge in [0.25, 0.3) is 0 Å². The van der Waals surface area contributed by atoms with Gasteiger partial charge in [0, 0.05) is 12.0 Å². The predicted octanol–water partition coefficient (Wildman–Crippen LogP) is 2.80. The van der Waals surface area contributed by atoms with Crippen LogP contribution in [0.2, 0.25) is 0 Å². The monoisotopic (exact) mass is 188 g/mol. The summed E-state index contributed by atoms with van der Waals surface area (Å²) in [7, 11) is 0. The second-order valence-corrected chi connectivity index (χ2v) is 2.98. The molecule has 0 heterocycles. The molecular formula is C12H14NO. The first-order chi connectivity index (χ1) is 6.83. The molecule has 2 heteroatoms. The minimum absolute atomic E-state index is 0.558. The molecule has 0 aliphatic rings. The van der Waals surface area contributed by atoms with Gasteiger partial charge in [-0.05, 0) is 13.0 Å². The maximum atomic E-state index is 4.96. The maximum absolute atomic E-state index is 4.96. The number of benzene rings is 1. The lowest BCUT2D eigenvalue weighted by Gasteiger charge is -1.95. The summed E-state index contributed by atoms with van der Waals surface area (Å²) in [5.41, 5.74) is 2.12. The zero-order valence-electron chi connectivity index (χ0n) is 8.36. The van der Waals surface area contributed by atoms with E-state index in [1.165, 1.54) is 5.56 Å². The molecule has 0 aliphatic carbocycles. The summed E-state index contributed by atoms with van der Waals surface area (Å²) in [4.78, 5) is 4.96. The third-order valence-corrected chi connectivity index (χ3v) is 1.67. The minimum Gasteiger partial charge on any atom is -0.395 e. The van der Waals surface area contributed by atoms with Crippen molar-refractivity contribution in [2.75, 3.05) is 6.61 Å². The smallest absolute Gasteiger partial charge is 0.139 e. The van der Waals surface area contributed by atoms with Crippen LogP contribution in [-0.2, 0) is 4.84 Å². The Bertz CT molecular complexity index is 318. The lowest BCUT2D eigenvalue weighted by molar-refractivity contribution is 0.151. The van der Waals surface area contributed by atoms with E-state index in [0.29, 0.717) is 6.61 Å². The zero-order chi connectivity index (χ0) is 10.2. The Kier molecular flexibility index (Phi) is 4.48. The standard InChI is InChI=1S/C12H14NO/c1-3-4-8-14-13-10-12-7-5-6-11(2)9-12/h3,5-7,9H,1,4,8H2,2H3. The van der Waals surface area contributed by atoms with Crippen LogP contribution in [0.1, 0.15) is 17.5 Å². The Labute approximate surface area is 84.9 Å². The molecule has 73 valence electrons. The summed E-state index contributed by atoms with van der Waals surface area (Å²) in [6.07, 6.45) is 5.41. The molecule has 0 saturated carbocycles. The Morgan fingerprint density at radius 2 is 2.43 bits per heavy atom. The molecule has 0 N–H and O–H groups in total. The second-order valence-electron chi connectivity index (χ2n) is 2.98. The summed E-state index contributed by atoms with van der Waals surface area (Å²) >= 11 is 0. The highest BCUT2D eigenvalue weighted by molar-refractivity contribution is 5.79.